The van der Waals surface area contributed by atoms with Gasteiger partial charge < -0.3 is 23.5 Å². The van der Waals surface area contributed by atoms with Crippen molar-refractivity contribution in [3.05, 3.63) is 52.3 Å². The van der Waals surface area contributed by atoms with Crippen LogP contribution < -0.4 is 14.3 Å². The highest BCUT2D eigenvalue weighted by atomic mass is 32.1. The number of methoxy groups -OCH3 is 4. The first kappa shape index (κ1) is 22.5. The van der Waals surface area contributed by atoms with Crippen LogP contribution in [0, 0.1) is 0 Å². The molecular formula is C22H24N2O6S. The predicted octanol–water partition coefficient (Wildman–Crippen LogP) is 2.82. The van der Waals surface area contributed by atoms with Gasteiger partial charge in [-0.25, -0.2) is 4.79 Å². The molecule has 8 nitrogen and oxygen atoms in total. The Morgan fingerprint density at radius 2 is 1.84 bits per heavy atom. The molecule has 0 aliphatic carbocycles. The fourth-order valence-corrected chi connectivity index (χ4v) is 4.22. The minimum absolute atomic E-state index is 0.0824. The highest BCUT2D eigenvalue weighted by Crippen LogP contribution is 2.25. The quantitative estimate of drug-likeness (QED) is 0.497. The fourth-order valence-electron chi connectivity index (χ4n) is 3.11. The number of amides is 1. The number of thiazole rings is 1. The van der Waals surface area contributed by atoms with E-state index in [0.29, 0.717) is 35.0 Å². The molecule has 0 fully saturated rings. The lowest BCUT2D eigenvalue weighted by Crippen LogP contribution is -2.19. The van der Waals surface area contributed by atoms with Gasteiger partial charge in [0.25, 0.3) is 5.91 Å². The maximum atomic E-state index is 12.8. The van der Waals surface area contributed by atoms with Gasteiger partial charge in [-0.15, -0.1) is 0 Å². The zero-order valence-electron chi connectivity index (χ0n) is 17.8. The first-order valence-corrected chi connectivity index (χ1v) is 10.3. The van der Waals surface area contributed by atoms with Crippen molar-refractivity contribution in [2.24, 2.45) is 4.99 Å². The number of nitrogens with zero attached hydrogens (tertiary/aromatic N) is 2. The number of carbonyl (C=O) groups is 2. The monoisotopic (exact) mass is 444 g/mol. The fraction of sp³-hybridized carbons (Fsp3) is 0.318. The van der Waals surface area contributed by atoms with Crippen LogP contribution in [0.15, 0.2) is 41.4 Å². The molecule has 0 saturated heterocycles. The van der Waals surface area contributed by atoms with Crippen LogP contribution in [-0.2, 0) is 27.2 Å². The number of ether oxygens (including phenoxy) is 4. The Labute approximate surface area is 183 Å². The highest BCUT2D eigenvalue weighted by Gasteiger charge is 2.14. The van der Waals surface area contributed by atoms with Crippen LogP contribution in [-0.4, -0.2) is 51.5 Å². The molecule has 0 atom stereocenters. The molecule has 0 radical (unpaired) electrons. The van der Waals surface area contributed by atoms with Gasteiger partial charge in [-0.3, -0.25) is 4.79 Å². The van der Waals surface area contributed by atoms with Crippen molar-refractivity contribution in [1.82, 2.24) is 4.57 Å². The molecule has 0 bridgehead atoms. The summed E-state index contributed by atoms with van der Waals surface area (Å²) in [6, 6.07) is 10.6. The van der Waals surface area contributed by atoms with Crippen molar-refractivity contribution in [3.63, 3.8) is 0 Å². The number of fused-ring (bicyclic) bond motifs is 1. The van der Waals surface area contributed by atoms with Crippen LogP contribution in [0.5, 0.6) is 11.5 Å². The average molecular weight is 445 g/mol. The molecule has 1 amide bonds. The average Bonchev–Trinajstić information content (AvgIpc) is 3.12. The van der Waals surface area contributed by atoms with Crippen molar-refractivity contribution in [2.75, 3.05) is 35.0 Å². The first-order valence-electron chi connectivity index (χ1n) is 9.49. The van der Waals surface area contributed by atoms with Crippen molar-refractivity contribution in [3.8, 4) is 11.5 Å². The molecule has 0 N–H and O–H groups in total. The van der Waals surface area contributed by atoms with Gasteiger partial charge in [-0.1, -0.05) is 17.4 Å². The van der Waals surface area contributed by atoms with Crippen LogP contribution >= 0.6 is 11.3 Å². The lowest BCUT2D eigenvalue weighted by atomic mass is 10.1. The molecule has 3 rings (SSSR count). The maximum Gasteiger partial charge on any atom is 0.337 e. The normalized spacial score (nSPS) is 11.5. The maximum absolute atomic E-state index is 12.8. The van der Waals surface area contributed by atoms with Crippen LogP contribution in [0.2, 0.25) is 0 Å². The third-order valence-electron chi connectivity index (χ3n) is 4.68. The SMILES string of the molecule is COCCn1c(=NC(=O)Cc2ccc(OC)cc2OC)sc2cc(C(=O)OC)ccc21. The van der Waals surface area contributed by atoms with E-state index in [9.17, 15) is 9.59 Å². The minimum Gasteiger partial charge on any atom is -0.497 e. The zero-order chi connectivity index (χ0) is 22.4. The standard InChI is InChI=1S/C22H24N2O6S/c1-27-10-9-24-17-8-6-15(21(26)30-4)11-19(17)31-22(24)23-20(25)12-14-5-7-16(28-2)13-18(14)29-3/h5-8,11,13H,9-10,12H2,1-4H3. The van der Waals surface area contributed by atoms with Gasteiger partial charge in [0.05, 0.1) is 50.1 Å². The van der Waals surface area contributed by atoms with Crippen molar-refractivity contribution in [1.29, 1.82) is 0 Å². The van der Waals surface area contributed by atoms with Gasteiger partial charge in [0, 0.05) is 25.3 Å². The van der Waals surface area contributed by atoms with E-state index in [-0.39, 0.29) is 12.3 Å². The van der Waals surface area contributed by atoms with Crippen molar-refractivity contribution in [2.45, 2.75) is 13.0 Å². The summed E-state index contributed by atoms with van der Waals surface area (Å²) in [7, 11) is 6.07. The van der Waals surface area contributed by atoms with Gasteiger partial charge in [-0.05, 0) is 24.3 Å². The Morgan fingerprint density at radius 3 is 2.52 bits per heavy atom. The van der Waals surface area contributed by atoms with Gasteiger partial charge in [0.1, 0.15) is 11.5 Å². The smallest absolute Gasteiger partial charge is 0.337 e. The second-order valence-corrected chi connectivity index (χ2v) is 7.57. The summed E-state index contributed by atoms with van der Waals surface area (Å²) in [6.45, 7) is 0.976. The Bertz CT molecular complexity index is 1160. The molecule has 2 aromatic carbocycles. The van der Waals surface area contributed by atoms with E-state index in [2.05, 4.69) is 4.99 Å². The van der Waals surface area contributed by atoms with Crippen LogP contribution in [0.25, 0.3) is 10.2 Å². The molecule has 0 spiro atoms. The molecule has 31 heavy (non-hydrogen) atoms. The largest absolute Gasteiger partial charge is 0.497 e. The number of hydrogen-bond donors (Lipinski definition) is 0. The van der Waals surface area contributed by atoms with Crippen molar-refractivity contribution >= 4 is 33.4 Å². The van der Waals surface area contributed by atoms with Gasteiger partial charge in [0.2, 0.25) is 0 Å². The summed E-state index contributed by atoms with van der Waals surface area (Å²) in [5, 5.41) is 0. The predicted molar refractivity (Wildman–Crippen MR) is 117 cm³/mol. The van der Waals surface area contributed by atoms with E-state index in [0.717, 1.165) is 15.8 Å². The summed E-state index contributed by atoms with van der Waals surface area (Å²) in [6.07, 6.45) is 0.0824. The van der Waals surface area contributed by atoms with Crippen LogP contribution in [0.4, 0.5) is 0 Å². The summed E-state index contributed by atoms with van der Waals surface area (Å²) < 4.78 is 23.3. The Hall–Kier alpha value is -3.17. The zero-order valence-corrected chi connectivity index (χ0v) is 18.7. The summed E-state index contributed by atoms with van der Waals surface area (Å²) in [5.74, 6) is 0.483. The molecule has 9 heteroatoms. The van der Waals surface area contributed by atoms with Crippen LogP contribution in [0.1, 0.15) is 15.9 Å². The highest BCUT2D eigenvalue weighted by molar-refractivity contribution is 7.16. The number of carbonyl (C=O) groups excluding carboxylic acids is 2. The van der Waals surface area contributed by atoms with E-state index in [1.54, 1.807) is 51.7 Å². The molecule has 0 aliphatic heterocycles. The number of aromatic nitrogens is 1. The van der Waals surface area contributed by atoms with Gasteiger partial charge in [0.15, 0.2) is 4.80 Å². The molecule has 3 aromatic rings. The molecule has 0 aliphatic rings. The molecule has 0 unspecified atom stereocenters. The number of esters is 1. The Balaban J connectivity index is 1.99. The lowest BCUT2D eigenvalue weighted by Gasteiger charge is -2.09. The van der Waals surface area contributed by atoms with Gasteiger partial charge in [-0.2, -0.15) is 4.99 Å². The van der Waals surface area contributed by atoms with E-state index in [1.165, 1.54) is 18.4 Å². The van der Waals surface area contributed by atoms with E-state index < -0.39 is 5.97 Å². The number of benzene rings is 2. The third-order valence-corrected chi connectivity index (χ3v) is 5.72. The number of rotatable bonds is 8. The second-order valence-electron chi connectivity index (χ2n) is 6.56. The third kappa shape index (κ3) is 5.12. The molecular weight excluding hydrogens is 420 g/mol. The summed E-state index contributed by atoms with van der Waals surface area (Å²) >= 11 is 1.33. The second kappa shape index (κ2) is 10.2. The molecule has 1 heterocycles. The Morgan fingerprint density at radius 1 is 1.03 bits per heavy atom. The van der Waals surface area contributed by atoms with E-state index in [1.807, 2.05) is 10.6 Å². The number of hydrogen-bond acceptors (Lipinski definition) is 7. The van der Waals surface area contributed by atoms with E-state index in [4.69, 9.17) is 18.9 Å². The molecule has 1 aromatic heterocycles. The Kier molecular flexibility index (Phi) is 7.43. The topological polar surface area (TPSA) is 88.4 Å². The lowest BCUT2D eigenvalue weighted by molar-refractivity contribution is -0.117. The molecule has 0 saturated carbocycles. The van der Waals surface area contributed by atoms with Crippen molar-refractivity contribution < 1.29 is 28.5 Å². The minimum atomic E-state index is -0.417. The summed E-state index contributed by atoms with van der Waals surface area (Å²) in [4.78, 5) is 29.5. The van der Waals surface area contributed by atoms with Crippen LogP contribution in [0.3, 0.4) is 0 Å². The molecule has 164 valence electrons. The van der Waals surface area contributed by atoms with E-state index >= 15 is 0 Å². The summed E-state index contributed by atoms with van der Waals surface area (Å²) in [5.41, 5.74) is 2.02. The van der Waals surface area contributed by atoms with Gasteiger partial charge >= 0.3 is 5.97 Å². The first-order chi connectivity index (χ1) is 15.0.